The van der Waals surface area contributed by atoms with Gasteiger partial charge in [0.15, 0.2) is 5.76 Å². The first-order valence-electron chi connectivity index (χ1n) is 7.90. The monoisotopic (exact) mass is 343 g/mol. The van der Waals surface area contributed by atoms with E-state index in [2.05, 4.69) is 10.4 Å². The molecule has 0 radical (unpaired) electrons. The third-order valence-corrected chi connectivity index (χ3v) is 3.54. The summed E-state index contributed by atoms with van der Waals surface area (Å²) >= 11 is 0. The third-order valence-electron chi connectivity index (χ3n) is 3.54. The summed E-state index contributed by atoms with van der Waals surface area (Å²) in [5.41, 5.74) is 0.918. The van der Waals surface area contributed by atoms with Crippen LogP contribution in [-0.2, 0) is 19.7 Å². The summed E-state index contributed by atoms with van der Waals surface area (Å²) in [5, 5.41) is 6.93. The van der Waals surface area contributed by atoms with Gasteiger partial charge >= 0.3 is 0 Å². The van der Waals surface area contributed by atoms with E-state index in [1.807, 2.05) is 13.1 Å². The van der Waals surface area contributed by atoms with Gasteiger partial charge in [-0.25, -0.2) is 4.39 Å². The Labute approximate surface area is 144 Å². The average Bonchev–Trinajstić information content (AvgIpc) is 3.28. The van der Waals surface area contributed by atoms with Crippen LogP contribution in [0.15, 0.2) is 53.2 Å². The number of aryl methyl sites for hydroxylation is 1. The maximum Gasteiger partial charge on any atom is 0.287 e. The van der Waals surface area contributed by atoms with Gasteiger partial charge in [-0.05, 0) is 43.3 Å². The van der Waals surface area contributed by atoms with Gasteiger partial charge in [0.1, 0.15) is 23.9 Å². The minimum Gasteiger partial charge on any atom is -0.486 e. The van der Waals surface area contributed by atoms with Crippen molar-refractivity contribution in [2.75, 3.05) is 0 Å². The van der Waals surface area contributed by atoms with E-state index in [-0.39, 0.29) is 24.1 Å². The lowest BCUT2D eigenvalue weighted by molar-refractivity contribution is 0.0919. The van der Waals surface area contributed by atoms with Gasteiger partial charge in [-0.1, -0.05) is 0 Å². The Bertz CT molecular complexity index is 839. The van der Waals surface area contributed by atoms with E-state index >= 15 is 0 Å². The predicted octanol–water partition coefficient (Wildman–Crippen LogP) is 3.14. The largest absolute Gasteiger partial charge is 0.486 e. The second kappa shape index (κ2) is 7.65. The molecule has 0 fully saturated rings. The highest BCUT2D eigenvalue weighted by Gasteiger charge is 2.12. The molecule has 0 atom stereocenters. The van der Waals surface area contributed by atoms with Crippen LogP contribution in [0.25, 0.3) is 0 Å². The average molecular weight is 343 g/mol. The number of amides is 1. The molecular weight excluding hydrogens is 325 g/mol. The van der Waals surface area contributed by atoms with E-state index < -0.39 is 0 Å². The molecule has 1 amide bonds. The lowest BCUT2D eigenvalue weighted by Gasteiger charge is -2.04. The molecule has 2 heterocycles. The SMILES string of the molecule is CCn1cc(CNC(=O)c2ccc(COc3ccc(F)cc3)o2)cn1. The number of rotatable bonds is 7. The van der Waals surface area contributed by atoms with Crippen LogP contribution in [-0.4, -0.2) is 15.7 Å². The molecule has 130 valence electrons. The molecular formula is C18H18FN3O3. The zero-order valence-electron chi connectivity index (χ0n) is 13.7. The predicted molar refractivity (Wildman–Crippen MR) is 88.5 cm³/mol. The molecule has 0 saturated carbocycles. The summed E-state index contributed by atoms with van der Waals surface area (Å²) in [5.74, 6) is 0.608. The minimum atomic E-state index is -0.325. The number of nitrogens with zero attached hydrogens (tertiary/aromatic N) is 2. The summed E-state index contributed by atoms with van der Waals surface area (Å²) in [6.45, 7) is 3.31. The number of nitrogens with one attached hydrogen (secondary N) is 1. The first-order chi connectivity index (χ1) is 12.1. The fourth-order valence-electron chi connectivity index (χ4n) is 2.20. The molecule has 0 spiro atoms. The standard InChI is InChI=1S/C18H18FN3O3/c1-2-22-11-13(10-21-22)9-20-18(23)17-8-7-16(25-17)12-24-15-5-3-14(19)4-6-15/h3-8,10-11H,2,9,12H2,1H3,(H,20,23). The van der Waals surface area contributed by atoms with Crippen molar-refractivity contribution in [1.82, 2.24) is 15.1 Å². The van der Waals surface area contributed by atoms with E-state index in [1.54, 1.807) is 23.0 Å². The van der Waals surface area contributed by atoms with Crippen molar-refractivity contribution in [1.29, 1.82) is 0 Å². The topological polar surface area (TPSA) is 69.3 Å². The van der Waals surface area contributed by atoms with Crippen molar-refractivity contribution >= 4 is 5.91 Å². The molecule has 1 N–H and O–H groups in total. The van der Waals surface area contributed by atoms with Gasteiger partial charge in [0.25, 0.3) is 5.91 Å². The smallest absolute Gasteiger partial charge is 0.287 e. The Morgan fingerprint density at radius 1 is 1.28 bits per heavy atom. The number of aromatic nitrogens is 2. The first-order valence-corrected chi connectivity index (χ1v) is 7.90. The fraction of sp³-hybridized carbons (Fsp3) is 0.222. The van der Waals surface area contributed by atoms with Gasteiger partial charge in [-0.2, -0.15) is 5.10 Å². The highest BCUT2D eigenvalue weighted by Crippen LogP contribution is 2.15. The highest BCUT2D eigenvalue weighted by molar-refractivity contribution is 5.91. The van der Waals surface area contributed by atoms with E-state index in [0.29, 0.717) is 18.1 Å². The second-order valence-corrected chi connectivity index (χ2v) is 5.40. The molecule has 2 aromatic heterocycles. The summed E-state index contributed by atoms with van der Waals surface area (Å²) in [4.78, 5) is 12.1. The molecule has 0 aliphatic carbocycles. The van der Waals surface area contributed by atoms with Gasteiger partial charge in [-0.15, -0.1) is 0 Å². The minimum absolute atomic E-state index is 0.155. The van der Waals surface area contributed by atoms with Crippen molar-refractivity contribution in [3.8, 4) is 5.75 Å². The number of carbonyl (C=O) groups excluding carboxylic acids is 1. The third kappa shape index (κ3) is 4.47. The van der Waals surface area contributed by atoms with Crippen LogP contribution in [0.3, 0.4) is 0 Å². The number of hydrogen-bond donors (Lipinski definition) is 1. The van der Waals surface area contributed by atoms with E-state index in [0.717, 1.165) is 12.1 Å². The Morgan fingerprint density at radius 2 is 2.08 bits per heavy atom. The molecule has 3 aromatic rings. The molecule has 7 heteroatoms. The first kappa shape index (κ1) is 16.8. The van der Waals surface area contributed by atoms with Crippen LogP contribution < -0.4 is 10.1 Å². The number of ether oxygens (including phenoxy) is 1. The molecule has 0 saturated heterocycles. The molecule has 0 aliphatic heterocycles. The number of halogens is 1. The summed E-state index contributed by atoms with van der Waals surface area (Å²) < 4.78 is 25.6. The van der Waals surface area contributed by atoms with Gasteiger partial charge in [0.05, 0.1) is 6.20 Å². The summed E-state index contributed by atoms with van der Waals surface area (Å²) in [7, 11) is 0. The molecule has 0 bridgehead atoms. The molecule has 0 unspecified atom stereocenters. The van der Waals surface area contributed by atoms with Crippen molar-refractivity contribution in [2.45, 2.75) is 26.6 Å². The number of furan rings is 1. The van der Waals surface area contributed by atoms with Gasteiger partial charge in [0, 0.05) is 24.8 Å². The maximum atomic E-state index is 12.8. The van der Waals surface area contributed by atoms with E-state index in [4.69, 9.17) is 9.15 Å². The van der Waals surface area contributed by atoms with Crippen molar-refractivity contribution in [2.24, 2.45) is 0 Å². The van der Waals surface area contributed by atoms with Gasteiger partial charge < -0.3 is 14.5 Å². The summed E-state index contributed by atoms with van der Waals surface area (Å²) in [6.07, 6.45) is 3.60. The molecule has 1 aromatic carbocycles. The molecule has 6 nitrogen and oxygen atoms in total. The molecule has 25 heavy (non-hydrogen) atoms. The lowest BCUT2D eigenvalue weighted by atomic mass is 10.3. The lowest BCUT2D eigenvalue weighted by Crippen LogP contribution is -2.22. The highest BCUT2D eigenvalue weighted by atomic mass is 19.1. The van der Waals surface area contributed by atoms with Gasteiger partial charge in [0.2, 0.25) is 0 Å². The van der Waals surface area contributed by atoms with Crippen molar-refractivity contribution in [3.63, 3.8) is 0 Å². The van der Waals surface area contributed by atoms with Crippen LogP contribution in [0.5, 0.6) is 5.75 Å². The van der Waals surface area contributed by atoms with Crippen molar-refractivity contribution < 1.29 is 18.3 Å². The van der Waals surface area contributed by atoms with E-state index in [9.17, 15) is 9.18 Å². The number of hydrogen-bond acceptors (Lipinski definition) is 4. The van der Waals surface area contributed by atoms with Crippen LogP contribution in [0.2, 0.25) is 0 Å². The Balaban J connectivity index is 1.51. The maximum absolute atomic E-state index is 12.8. The fourth-order valence-corrected chi connectivity index (χ4v) is 2.20. The van der Waals surface area contributed by atoms with Crippen LogP contribution in [0, 0.1) is 5.82 Å². The van der Waals surface area contributed by atoms with E-state index in [1.165, 1.54) is 24.3 Å². The van der Waals surface area contributed by atoms with Crippen molar-refractivity contribution in [3.05, 3.63) is 71.7 Å². The van der Waals surface area contributed by atoms with Crippen LogP contribution in [0.1, 0.15) is 28.8 Å². The second-order valence-electron chi connectivity index (χ2n) is 5.40. The normalized spacial score (nSPS) is 10.6. The molecule has 3 rings (SSSR count). The molecule has 0 aliphatic rings. The number of benzene rings is 1. The van der Waals surface area contributed by atoms with Crippen LogP contribution >= 0.6 is 0 Å². The van der Waals surface area contributed by atoms with Crippen LogP contribution in [0.4, 0.5) is 4.39 Å². The Morgan fingerprint density at radius 3 is 2.80 bits per heavy atom. The Hall–Kier alpha value is -3.09. The Kier molecular flexibility index (Phi) is 5.13. The zero-order chi connectivity index (χ0) is 17.6. The number of carbonyl (C=O) groups is 1. The quantitative estimate of drug-likeness (QED) is 0.715. The van der Waals surface area contributed by atoms with Gasteiger partial charge in [-0.3, -0.25) is 9.48 Å². The zero-order valence-corrected chi connectivity index (χ0v) is 13.7. The summed E-state index contributed by atoms with van der Waals surface area (Å²) in [6, 6.07) is 8.96.